The highest BCUT2D eigenvalue weighted by atomic mass is 16.7. The van der Waals surface area contributed by atoms with Crippen LogP contribution in [0.5, 0.6) is 0 Å². The molecule has 2 rings (SSSR count). The van der Waals surface area contributed by atoms with Gasteiger partial charge >= 0.3 is 11.9 Å². The summed E-state index contributed by atoms with van der Waals surface area (Å²) in [5.74, 6) is -1.30. The summed E-state index contributed by atoms with van der Waals surface area (Å²) >= 11 is 0. The first-order valence-electron chi connectivity index (χ1n) is 8.70. The second-order valence-corrected chi connectivity index (χ2v) is 5.78. The highest BCUT2D eigenvalue weighted by Gasteiger charge is 2.49. The van der Waals surface area contributed by atoms with E-state index in [-0.39, 0.29) is 6.61 Å². The lowest BCUT2D eigenvalue weighted by Gasteiger charge is -2.42. The minimum Gasteiger partial charge on any atom is -0.455 e. The van der Waals surface area contributed by atoms with Crippen LogP contribution in [0, 0.1) is 0 Å². The van der Waals surface area contributed by atoms with Gasteiger partial charge in [0.05, 0.1) is 14.6 Å². The minimum absolute atomic E-state index is 0.158. The van der Waals surface area contributed by atoms with E-state index in [2.05, 4.69) is 0 Å². The van der Waals surface area contributed by atoms with Crippen molar-refractivity contribution < 1.29 is 39.8 Å². The third-order valence-electron chi connectivity index (χ3n) is 3.73. The molecule has 6 atom stereocenters. The van der Waals surface area contributed by atoms with Crippen LogP contribution in [0.25, 0.3) is 0 Å². The maximum Gasteiger partial charge on any atom is 0.303 e. The highest BCUT2D eigenvalue weighted by Crippen LogP contribution is 2.27. The number of aliphatic hydroxyl groups is 1. The van der Waals surface area contributed by atoms with Crippen molar-refractivity contribution in [2.45, 2.75) is 51.1 Å². The predicted octanol–water partition coefficient (Wildman–Crippen LogP) is 0.799. The molecular formula is C18H24O8. The number of hydrogen-bond donors (Lipinski definition) is 1. The molecular weight excluding hydrogens is 344 g/mol. The summed E-state index contributed by atoms with van der Waals surface area (Å²) in [6.45, 7) is 1.22. The van der Waals surface area contributed by atoms with Crippen LogP contribution in [0.4, 0.5) is 0 Å². The lowest BCUT2D eigenvalue weighted by molar-refractivity contribution is -0.302. The van der Waals surface area contributed by atoms with Gasteiger partial charge in [-0.15, -0.1) is 0 Å². The van der Waals surface area contributed by atoms with E-state index in [0.717, 1.165) is 0 Å². The van der Waals surface area contributed by atoms with Gasteiger partial charge in [-0.25, -0.2) is 0 Å². The van der Waals surface area contributed by atoms with Gasteiger partial charge in [-0.3, -0.25) is 9.59 Å². The Morgan fingerprint density at radius 3 is 2.35 bits per heavy atom. The second-order valence-electron chi connectivity index (χ2n) is 5.78. The Morgan fingerprint density at radius 2 is 1.77 bits per heavy atom. The van der Waals surface area contributed by atoms with Crippen LogP contribution in [0.1, 0.15) is 20.8 Å². The van der Waals surface area contributed by atoms with E-state index >= 15 is 0 Å². The van der Waals surface area contributed by atoms with E-state index in [9.17, 15) is 14.7 Å². The van der Waals surface area contributed by atoms with Crippen LogP contribution >= 0.6 is 0 Å². The van der Waals surface area contributed by atoms with Gasteiger partial charge in [-0.1, -0.05) is 30.3 Å². The molecule has 0 spiro atoms. The zero-order valence-corrected chi connectivity index (χ0v) is 14.9. The van der Waals surface area contributed by atoms with E-state index in [4.69, 9.17) is 25.1 Å². The normalized spacial score (nSPS) is 30.2. The number of ether oxygens (including phenoxy) is 5. The minimum atomic E-state index is -1.34. The van der Waals surface area contributed by atoms with Crippen molar-refractivity contribution in [1.82, 2.24) is 0 Å². The molecule has 1 fully saturated rings. The van der Waals surface area contributed by atoms with Crippen molar-refractivity contribution in [3.63, 3.8) is 0 Å². The molecule has 0 saturated carbocycles. The van der Waals surface area contributed by atoms with E-state index in [1.807, 2.05) is 6.07 Å². The van der Waals surface area contributed by atoms with Gasteiger partial charge in [-0.05, 0) is 5.56 Å². The summed E-state index contributed by atoms with van der Waals surface area (Å²) in [4.78, 5) is 22.8. The summed E-state index contributed by atoms with van der Waals surface area (Å²) in [7, 11) is 1.33. The quantitative estimate of drug-likeness (QED) is 0.705. The summed E-state index contributed by atoms with van der Waals surface area (Å²) in [5, 5.41) is 10.6. The Hall–Kier alpha value is -2.00. The van der Waals surface area contributed by atoms with Crippen molar-refractivity contribution >= 4 is 11.9 Å². The van der Waals surface area contributed by atoms with Gasteiger partial charge in [0.2, 0.25) is 0 Å². The van der Waals surface area contributed by atoms with Crippen molar-refractivity contribution in [3.05, 3.63) is 35.9 Å². The summed E-state index contributed by atoms with van der Waals surface area (Å²) in [6.07, 6.45) is -5.70. The van der Waals surface area contributed by atoms with Gasteiger partial charge < -0.3 is 28.8 Å². The van der Waals surface area contributed by atoms with Crippen molar-refractivity contribution in [1.29, 1.82) is 0 Å². The van der Waals surface area contributed by atoms with E-state index < -0.39 is 49.2 Å². The lowest BCUT2D eigenvalue weighted by Crippen LogP contribution is -2.61. The van der Waals surface area contributed by atoms with Crippen LogP contribution in [0.3, 0.4) is 0 Å². The largest absolute Gasteiger partial charge is 0.455 e. The number of carbonyl (C=O) groups excluding carboxylic acids is 2. The molecule has 0 bridgehead atoms. The molecule has 1 saturated heterocycles. The second kappa shape index (κ2) is 9.63. The smallest absolute Gasteiger partial charge is 0.303 e. The average Bonchev–Trinajstić information content (AvgIpc) is 2.64. The summed E-state index contributed by atoms with van der Waals surface area (Å²) < 4.78 is 34.6. The third-order valence-corrected chi connectivity index (χ3v) is 3.73. The molecule has 0 aliphatic carbocycles. The topological polar surface area (TPSA) is 101 Å². The Kier molecular flexibility index (Phi) is 6.96. The molecule has 1 aromatic carbocycles. The first kappa shape index (κ1) is 18.8. The van der Waals surface area contributed by atoms with Crippen LogP contribution in [-0.4, -0.2) is 61.5 Å². The molecule has 1 heterocycles. The van der Waals surface area contributed by atoms with Crippen molar-refractivity contribution in [2.75, 3.05) is 13.7 Å². The van der Waals surface area contributed by atoms with Crippen molar-refractivity contribution in [3.8, 4) is 0 Å². The molecule has 0 radical (unpaired) electrons. The Bertz CT molecular complexity index is 625. The zero-order valence-electron chi connectivity index (χ0n) is 15.9. The Morgan fingerprint density at radius 1 is 1.15 bits per heavy atom. The van der Waals surface area contributed by atoms with Crippen molar-refractivity contribution in [2.24, 2.45) is 0 Å². The monoisotopic (exact) mass is 369 g/mol. The van der Waals surface area contributed by atoms with Gasteiger partial charge in [0.15, 0.2) is 18.5 Å². The first-order chi connectivity index (χ1) is 12.8. The highest BCUT2D eigenvalue weighted by molar-refractivity contribution is 5.67. The molecule has 2 unspecified atom stereocenters. The van der Waals surface area contributed by atoms with Gasteiger partial charge in [-0.2, -0.15) is 0 Å². The molecule has 0 amide bonds. The molecule has 26 heavy (non-hydrogen) atoms. The maximum absolute atomic E-state index is 11.4. The lowest BCUT2D eigenvalue weighted by atomic mass is 9.98. The molecule has 1 aromatic rings. The first-order valence-corrected chi connectivity index (χ1v) is 8.13. The Balaban J connectivity index is 2.10. The fourth-order valence-electron chi connectivity index (χ4n) is 2.63. The van der Waals surface area contributed by atoms with E-state index in [0.29, 0.717) is 5.56 Å². The fraction of sp³-hybridized carbons (Fsp3) is 0.556. The predicted molar refractivity (Wildman–Crippen MR) is 88.9 cm³/mol. The third kappa shape index (κ3) is 5.50. The number of carbonyl (C=O) groups is 2. The molecule has 8 heteroatoms. The van der Waals surface area contributed by atoms with Crippen LogP contribution in [0.15, 0.2) is 30.3 Å². The van der Waals surface area contributed by atoms with Gasteiger partial charge in [0, 0.05) is 21.0 Å². The number of hydrogen-bond acceptors (Lipinski definition) is 8. The fourth-order valence-corrected chi connectivity index (χ4v) is 2.63. The number of benzene rings is 1. The molecule has 8 nitrogen and oxygen atoms in total. The number of rotatable bonds is 7. The standard InChI is InChI=1S/C18H24O8/c1-11(19)24-16-15(21)14(10-23-9-13-7-5-4-6-8-13)26-18(22-3)17(16)25-12(2)20/h4-8,14-18,21H,9-10H2,1-3H3/t14-,15-,16+,17-,18?/m1/s1/i9D/t9?,14-,15-,16+,17-,18?. The van der Waals surface area contributed by atoms with Gasteiger partial charge in [0.1, 0.15) is 12.2 Å². The Labute approximate surface area is 153 Å². The van der Waals surface area contributed by atoms with E-state index in [1.165, 1.54) is 21.0 Å². The number of methoxy groups -OCH3 is 1. The van der Waals surface area contributed by atoms with Gasteiger partial charge in [0.25, 0.3) is 0 Å². The zero-order chi connectivity index (χ0) is 20.0. The van der Waals surface area contributed by atoms with E-state index in [1.54, 1.807) is 24.3 Å². The molecule has 1 N–H and O–H groups in total. The SMILES string of the molecule is [2H]C(OC[C@H]1OC(OC)[C@H](OC(C)=O)[C@@H](OC(C)=O)[C@@H]1O)c1ccccc1. The number of esters is 2. The summed E-state index contributed by atoms with van der Waals surface area (Å²) in [6, 6.07) is 8.88. The van der Waals surface area contributed by atoms with Crippen LogP contribution in [-0.2, 0) is 39.9 Å². The number of aliphatic hydroxyl groups excluding tert-OH is 1. The maximum atomic E-state index is 11.4. The molecule has 1 aliphatic heterocycles. The molecule has 0 aromatic heterocycles. The molecule has 144 valence electrons. The van der Waals surface area contributed by atoms with Crippen LogP contribution in [0.2, 0.25) is 0 Å². The van der Waals surface area contributed by atoms with Crippen LogP contribution < -0.4 is 0 Å². The molecule has 1 aliphatic rings. The summed E-state index contributed by atoms with van der Waals surface area (Å²) in [5.41, 5.74) is 0.639. The average molecular weight is 369 g/mol.